The van der Waals surface area contributed by atoms with Gasteiger partial charge >= 0.3 is 0 Å². The van der Waals surface area contributed by atoms with Crippen molar-refractivity contribution >= 4 is 0 Å². The summed E-state index contributed by atoms with van der Waals surface area (Å²) in [4.78, 5) is 15.8. The zero-order chi connectivity index (χ0) is 8.23. The molecule has 0 saturated heterocycles. The largest absolute Gasteiger partial charge is 0.250 e. The van der Waals surface area contributed by atoms with Gasteiger partial charge in [0.1, 0.15) is 11.9 Å². The molecule has 1 radical (unpaired) electrons. The number of rotatable bonds is 1. The second kappa shape index (κ2) is 3.04. The fraction of sp³-hybridized carbons (Fsp3) is 0. The summed E-state index contributed by atoms with van der Waals surface area (Å²) in [6, 6.07) is 1.75. The van der Waals surface area contributed by atoms with Gasteiger partial charge in [0.2, 0.25) is 0 Å². The molecule has 0 unspecified atom stereocenters. The van der Waals surface area contributed by atoms with Crippen LogP contribution in [0.1, 0.15) is 0 Å². The van der Waals surface area contributed by atoms with Crippen molar-refractivity contribution in [2.45, 2.75) is 0 Å². The van der Waals surface area contributed by atoms with Gasteiger partial charge in [0.25, 0.3) is 0 Å². The van der Waals surface area contributed by atoms with Crippen LogP contribution in [-0.2, 0) is 0 Å². The topological polar surface area (TPSA) is 51.6 Å². The summed E-state index contributed by atoms with van der Waals surface area (Å²) >= 11 is 0. The lowest BCUT2D eigenvalue weighted by Crippen LogP contribution is -1.90. The van der Waals surface area contributed by atoms with E-state index < -0.39 is 0 Å². The minimum atomic E-state index is 0.547. The van der Waals surface area contributed by atoms with Crippen LogP contribution in [0.25, 0.3) is 11.5 Å². The van der Waals surface area contributed by atoms with E-state index in [9.17, 15) is 0 Å². The van der Waals surface area contributed by atoms with Gasteiger partial charge in [0.05, 0.1) is 0 Å². The van der Waals surface area contributed by atoms with Crippen molar-refractivity contribution < 1.29 is 0 Å². The van der Waals surface area contributed by atoms with Gasteiger partial charge in [-0.15, -0.1) is 0 Å². The van der Waals surface area contributed by atoms with Crippen molar-refractivity contribution in [2.75, 3.05) is 0 Å². The molecule has 0 spiro atoms. The molecule has 12 heavy (non-hydrogen) atoms. The molecule has 4 heteroatoms. The van der Waals surface area contributed by atoms with Crippen LogP contribution >= 0.6 is 0 Å². The number of hydrogen-bond acceptors (Lipinski definition) is 4. The number of hydrogen-bond donors (Lipinski definition) is 0. The van der Waals surface area contributed by atoms with E-state index in [0.717, 1.165) is 0 Å². The predicted molar refractivity (Wildman–Crippen MR) is 41.9 cm³/mol. The molecule has 0 amide bonds. The van der Waals surface area contributed by atoms with E-state index in [1.165, 1.54) is 0 Å². The molecule has 0 aliphatic rings. The summed E-state index contributed by atoms with van der Waals surface area (Å²) in [5.41, 5.74) is 0.568. The van der Waals surface area contributed by atoms with Gasteiger partial charge in [0, 0.05) is 24.8 Å². The Labute approximate surface area is 69.4 Å². The molecule has 57 valence electrons. The van der Waals surface area contributed by atoms with Crippen LogP contribution in [0.2, 0.25) is 0 Å². The van der Waals surface area contributed by atoms with E-state index in [4.69, 9.17) is 0 Å². The average molecular weight is 157 g/mol. The molecule has 0 saturated carbocycles. The Bertz CT molecular complexity index is 308. The summed E-state index contributed by atoms with van der Waals surface area (Å²) < 4.78 is 0. The van der Waals surface area contributed by atoms with Crippen LogP contribution in [0.3, 0.4) is 0 Å². The Morgan fingerprint density at radius 3 is 2.42 bits per heavy atom. The van der Waals surface area contributed by atoms with Gasteiger partial charge in [0.15, 0.2) is 5.82 Å². The molecule has 0 aliphatic carbocycles. The summed E-state index contributed by atoms with van der Waals surface area (Å²) in [5, 5.41) is 0. The maximum absolute atomic E-state index is 4.01. The van der Waals surface area contributed by atoms with Crippen molar-refractivity contribution in [3.8, 4) is 11.5 Å². The second-order valence-corrected chi connectivity index (χ2v) is 2.09. The van der Waals surface area contributed by atoms with Crippen molar-refractivity contribution in [2.24, 2.45) is 0 Å². The number of nitrogens with zero attached hydrogens (tertiary/aromatic N) is 4. The van der Waals surface area contributed by atoms with E-state index in [1.54, 1.807) is 30.9 Å². The normalized spacial score (nSPS) is 9.67. The lowest BCUT2D eigenvalue weighted by Gasteiger charge is -1.93. The fourth-order valence-corrected chi connectivity index (χ4v) is 0.798. The summed E-state index contributed by atoms with van der Waals surface area (Å²) in [7, 11) is 0. The molecular formula is C8H5N4. The molecule has 0 N–H and O–H groups in total. The zero-order valence-corrected chi connectivity index (χ0v) is 6.18. The Morgan fingerprint density at radius 1 is 0.917 bits per heavy atom. The first-order valence-corrected chi connectivity index (χ1v) is 3.43. The van der Waals surface area contributed by atoms with Crippen LogP contribution in [0.5, 0.6) is 0 Å². The first kappa shape index (κ1) is 6.84. The lowest BCUT2D eigenvalue weighted by atomic mass is 10.4. The molecule has 2 heterocycles. The molecule has 0 bridgehead atoms. The van der Waals surface area contributed by atoms with E-state index in [1.807, 2.05) is 0 Å². The van der Waals surface area contributed by atoms with Crippen molar-refractivity contribution in [1.29, 1.82) is 0 Å². The maximum atomic E-state index is 4.01. The molecule has 0 aromatic carbocycles. The van der Waals surface area contributed by atoms with Crippen LogP contribution in [-0.4, -0.2) is 19.9 Å². The van der Waals surface area contributed by atoms with E-state index in [0.29, 0.717) is 11.5 Å². The summed E-state index contributed by atoms with van der Waals surface area (Å²) in [6.07, 6.45) is 9.16. The van der Waals surface area contributed by atoms with Gasteiger partial charge in [-0.25, -0.2) is 15.0 Å². The Balaban J connectivity index is 2.46. The second-order valence-electron chi connectivity index (χ2n) is 2.09. The Hall–Kier alpha value is -1.84. The van der Waals surface area contributed by atoms with E-state index >= 15 is 0 Å². The average Bonchev–Trinajstić information content (AvgIpc) is 2.21. The van der Waals surface area contributed by atoms with Crippen LogP contribution in [0.4, 0.5) is 0 Å². The highest BCUT2D eigenvalue weighted by Gasteiger charge is 1.99. The molecule has 2 rings (SSSR count). The van der Waals surface area contributed by atoms with Gasteiger partial charge in [-0.3, -0.25) is 4.98 Å². The highest BCUT2D eigenvalue weighted by Crippen LogP contribution is 2.05. The first-order chi connectivity index (χ1) is 5.97. The van der Waals surface area contributed by atoms with Gasteiger partial charge in [-0.2, -0.15) is 0 Å². The smallest absolute Gasteiger partial charge is 0.180 e. The van der Waals surface area contributed by atoms with Gasteiger partial charge < -0.3 is 0 Å². The zero-order valence-electron chi connectivity index (χ0n) is 6.18. The highest BCUT2D eigenvalue weighted by atomic mass is 14.9. The van der Waals surface area contributed by atoms with Crippen molar-refractivity contribution in [3.63, 3.8) is 0 Å². The quantitative estimate of drug-likeness (QED) is 0.612. The number of aromatic nitrogens is 4. The van der Waals surface area contributed by atoms with Crippen molar-refractivity contribution in [3.05, 3.63) is 37.1 Å². The standard InChI is InChI=1S/C8H5N4/c1-2-11-8(12-3-1)7-6-9-4-5-10-7/h1-5H. The SMILES string of the molecule is [c]1nccnc1-c1ncccn1. The van der Waals surface area contributed by atoms with E-state index in [-0.39, 0.29) is 0 Å². The van der Waals surface area contributed by atoms with Crippen molar-refractivity contribution in [1.82, 2.24) is 19.9 Å². The van der Waals surface area contributed by atoms with Crippen LogP contribution in [0, 0.1) is 6.20 Å². The third-order valence-corrected chi connectivity index (χ3v) is 1.29. The monoisotopic (exact) mass is 157 g/mol. The lowest BCUT2D eigenvalue weighted by molar-refractivity contribution is 1.11. The summed E-state index contributed by atoms with van der Waals surface area (Å²) in [5.74, 6) is 0.547. The van der Waals surface area contributed by atoms with E-state index in [2.05, 4.69) is 26.1 Å². The van der Waals surface area contributed by atoms with Crippen LogP contribution in [0.15, 0.2) is 30.9 Å². The third-order valence-electron chi connectivity index (χ3n) is 1.29. The Morgan fingerprint density at radius 2 is 1.75 bits per heavy atom. The first-order valence-electron chi connectivity index (χ1n) is 3.43. The summed E-state index contributed by atoms with van der Waals surface area (Å²) in [6.45, 7) is 0. The Kier molecular flexibility index (Phi) is 1.74. The minimum absolute atomic E-state index is 0.547. The van der Waals surface area contributed by atoms with Crippen LogP contribution < -0.4 is 0 Å². The molecular weight excluding hydrogens is 152 g/mol. The molecule has 0 fully saturated rings. The maximum Gasteiger partial charge on any atom is 0.180 e. The van der Waals surface area contributed by atoms with Gasteiger partial charge in [-0.1, -0.05) is 0 Å². The van der Waals surface area contributed by atoms with Gasteiger partial charge in [-0.05, 0) is 6.07 Å². The predicted octanol–water partition coefficient (Wildman–Crippen LogP) is 0.734. The molecule has 4 nitrogen and oxygen atoms in total. The molecule has 0 aliphatic heterocycles. The molecule has 0 atom stereocenters. The fourth-order valence-electron chi connectivity index (χ4n) is 0.798. The highest BCUT2D eigenvalue weighted by molar-refractivity contribution is 5.44. The molecule has 2 aromatic rings. The molecule has 2 aromatic heterocycles. The third kappa shape index (κ3) is 1.27. The minimum Gasteiger partial charge on any atom is -0.250 e.